The van der Waals surface area contributed by atoms with Crippen LogP contribution in [0, 0.1) is 0 Å². The van der Waals surface area contributed by atoms with Crippen LogP contribution < -0.4 is 5.73 Å². The van der Waals surface area contributed by atoms with Crippen molar-refractivity contribution in [3.8, 4) is 11.3 Å². The molecule has 0 saturated carbocycles. The molecule has 3 rings (SSSR count). The summed E-state index contributed by atoms with van der Waals surface area (Å²) in [5.41, 5.74) is 7.83. The molecular weight excluding hydrogens is 248 g/mol. The minimum absolute atomic E-state index is 0.244. The van der Waals surface area contributed by atoms with E-state index in [4.69, 9.17) is 5.73 Å². The summed E-state index contributed by atoms with van der Waals surface area (Å²) in [7, 11) is 0. The van der Waals surface area contributed by atoms with Gasteiger partial charge in [-0.15, -0.1) is 0 Å². The van der Waals surface area contributed by atoms with Crippen LogP contribution in [-0.4, -0.2) is 15.0 Å². The summed E-state index contributed by atoms with van der Waals surface area (Å²) in [6, 6.07) is 9.92. The average molecular weight is 264 g/mol. The molecule has 0 fully saturated rings. The van der Waals surface area contributed by atoms with Crippen molar-refractivity contribution in [1.82, 2.24) is 15.0 Å². The summed E-state index contributed by atoms with van der Waals surface area (Å²) in [6.45, 7) is 4.12. The molecule has 0 aliphatic heterocycles. The zero-order valence-electron chi connectivity index (χ0n) is 11.5. The highest BCUT2D eigenvalue weighted by Crippen LogP contribution is 2.28. The lowest BCUT2D eigenvalue weighted by Crippen LogP contribution is -2.03. The van der Waals surface area contributed by atoms with Gasteiger partial charge in [0.05, 0.1) is 5.69 Å². The second-order valence-corrected chi connectivity index (χ2v) is 5.09. The first kappa shape index (κ1) is 12.5. The number of hydrogen-bond donors (Lipinski definition) is 1. The summed E-state index contributed by atoms with van der Waals surface area (Å²) in [5.74, 6) is 1.52. The molecule has 0 amide bonds. The van der Waals surface area contributed by atoms with Crippen LogP contribution in [0.15, 0.2) is 42.7 Å². The minimum atomic E-state index is 0.244. The standard InChI is InChI=1S/C16H16N4/c1-10(2)16-19-14(8-15(17)20-16)13-5-3-4-11-9-18-7-6-12(11)13/h3-10H,1-2H3,(H2,17,19,20). The lowest BCUT2D eigenvalue weighted by atomic mass is 10.0. The van der Waals surface area contributed by atoms with E-state index in [9.17, 15) is 0 Å². The summed E-state index contributed by atoms with van der Waals surface area (Å²) in [5, 5.41) is 2.21. The normalized spacial score (nSPS) is 11.2. The van der Waals surface area contributed by atoms with E-state index in [-0.39, 0.29) is 5.92 Å². The Morgan fingerprint density at radius 1 is 1.10 bits per heavy atom. The van der Waals surface area contributed by atoms with Crippen molar-refractivity contribution >= 4 is 16.6 Å². The van der Waals surface area contributed by atoms with E-state index in [1.807, 2.05) is 36.5 Å². The van der Waals surface area contributed by atoms with Gasteiger partial charge in [0.1, 0.15) is 11.6 Å². The van der Waals surface area contributed by atoms with Crippen LogP contribution >= 0.6 is 0 Å². The highest BCUT2D eigenvalue weighted by atomic mass is 14.9. The molecule has 0 unspecified atom stereocenters. The zero-order chi connectivity index (χ0) is 14.1. The fraction of sp³-hybridized carbons (Fsp3) is 0.188. The number of nitrogen functional groups attached to an aromatic ring is 1. The summed E-state index contributed by atoms with van der Waals surface area (Å²) in [6.07, 6.45) is 3.65. The fourth-order valence-electron chi connectivity index (χ4n) is 2.23. The van der Waals surface area contributed by atoms with Gasteiger partial charge < -0.3 is 5.73 Å². The van der Waals surface area contributed by atoms with E-state index in [0.717, 1.165) is 27.9 Å². The number of nitrogens with two attached hydrogens (primary N) is 1. The summed E-state index contributed by atoms with van der Waals surface area (Å²) < 4.78 is 0. The minimum Gasteiger partial charge on any atom is -0.384 e. The monoisotopic (exact) mass is 264 g/mol. The van der Waals surface area contributed by atoms with E-state index < -0.39 is 0 Å². The number of hydrogen-bond acceptors (Lipinski definition) is 4. The number of nitrogens with zero attached hydrogens (tertiary/aromatic N) is 3. The Morgan fingerprint density at radius 2 is 1.95 bits per heavy atom. The van der Waals surface area contributed by atoms with Crippen molar-refractivity contribution in [1.29, 1.82) is 0 Å². The molecule has 100 valence electrons. The smallest absolute Gasteiger partial charge is 0.133 e. The fourth-order valence-corrected chi connectivity index (χ4v) is 2.23. The first-order valence-corrected chi connectivity index (χ1v) is 6.62. The predicted octanol–water partition coefficient (Wildman–Crippen LogP) is 3.40. The van der Waals surface area contributed by atoms with Crippen LogP contribution in [0.3, 0.4) is 0 Å². The third kappa shape index (κ3) is 2.20. The Morgan fingerprint density at radius 3 is 2.75 bits per heavy atom. The SMILES string of the molecule is CC(C)c1nc(N)cc(-c2cccc3cnccc23)n1. The largest absolute Gasteiger partial charge is 0.384 e. The molecule has 0 aliphatic carbocycles. The molecule has 1 aromatic carbocycles. The lowest BCUT2D eigenvalue weighted by Gasteiger charge is -2.10. The lowest BCUT2D eigenvalue weighted by molar-refractivity contribution is 0.779. The number of aromatic nitrogens is 3. The highest BCUT2D eigenvalue weighted by molar-refractivity contribution is 5.95. The van der Waals surface area contributed by atoms with Crippen LogP contribution in [-0.2, 0) is 0 Å². The number of benzene rings is 1. The van der Waals surface area contributed by atoms with E-state index >= 15 is 0 Å². The van der Waals surface area contributed by atoms with Crippen LogP contribution in [0.1, 0.15) is 25.6 Å². The van der Waals surface area contributed by atoms with Crippen molar-refractivity contribution in [2.24, 2.45) is 0 Å². The maximum Gasteiger partial charge on any atom is 0.133 e. The molecule has 0 spiro atoms. The van der Waals surface area contributed by atoms with E-state index in [1.165, 1.54) is 0 Å². The van der Waals surface area contributed by atoms with Crippen molar-refractivity contribution in [3.63, 3.8) is 0 Å². The second kappa shape index (κ2) is 4.89. The highest BCUT2D eigenvalue weighted by Gasteiger charge is 2.10. The van der Waals surface area contributed by atoms with Crippen LogP contribution in [0.5, 0.6) is 0 Å². The molecule has 0 atom stereocenters. The van der Waals surface area contributed by atoms with Gasteiger partial charge in [0.15, 0.2) is 0 Å². The van der Waals surface area contributed by atoms with Gasteiger partial charge in [-0.25, -0.2) is 9.97 Å². The van der Waals surface area contributed by atoms with Crippen molar-refractivity contribution in [2.45, 2.75) is 19.8 Å². The van der Waals surface area contributed by atoms with Gasteiger partial charge in [-0.2, -0.15) is 0 Å². The molecule has 4 nitrogen and oxygen atoms in total. The van der Waals surface area contributed by atoms with Gasteiger partial charge in [0.2, 0.25) is 0 Å². The number of anilines is 1. The molecule has 20 heavy (non-hydrogen) atoms. The van der Waals surface area contributed by atoms with Crippen molar-refractivity contribution in [2.75, 3.05) is 5.73 Å². The number of pyridine rings is 1. The van der Waals surface area contributed by atoms with Crippen LogP contribution in [0.4, 0.5) is 5.82 Å². The molecule has 0 bridgehead atoms. The Bertz CT molecular complexity index is 760. The van der Waals surface area contributed by atoms with Gasteiger partial charge >= 0.3 is 0 Å². The average Bonchev–Trinajstić information content (AvgIpc) is 2.46. The van der Waals surface area contributed by atoms with Gasteiger partial charge in [0.25, 0.3) is 0 Å². The number of fused-ring (bicyclic) bond motifs is 1. The Balaban J connectivity index is 2.25. The Labute approximate surface area is 117 Å². The topological polar surface area (TPSA) is 64.7 Å². The molecular formula is C16H16N4. The van der Waals surface area contributed by atoms with E-state index in [2.05, 4.69) is 28.8 Å². The van der Waals surface area contributed by atoms with Gasteiger partial charge in [-0.05, 0) is 11.5 Å². The number of rotatable bonds is 2. The maximum absolute atomic E-state index is 5.92. The van der Waals surface area contributed by atoms with Crippen molar-refractivity contribution in [3.05, 3.63) is 48.5 Å². The molecule has 2 N–H and O–H groups in total. The molecule has 2 heterocycles. The van der Waals surface area contributed by atoms with Crippen LogP contribution in [0.25, 0.3) is 22.0 Å². The maximum atomic E-state index is 5.92. The Hall–Kier alpha value is -2.49. The molecule has 3 aromatic rings. The quantitative estimate of drug-likeness (QED) is 0.770. The molecule has 0 aliphatic rings. The third-order valence-electron chi connectivity index (χ3n) is 3.24. The zero-order valence-corrected chi connectivity index (χ0v) is 11.5. The van der Waals surface area contributed by atoms with Crippen molar-refractivity contribution < 1.29 is 0 Å². The van der Waals surface area contributed by atoms with E-state index in [1.54, 1.807) is 6.20 Å². The molecule has 0 saturated heterocycles. The second-order valence-electron chi connectivity index (χ2n) is 5.09. The first-order chi connectivity index (χ1) is 9.65. The van der Waals surface area contributed by atoms with E-state index in [0.29, 0.717) is 5.82 Å². The molecule has 4 heteroatoms. The third-order valence-corrected chi connectivity index (χ3v) is 3.24. The first-order valence-electron chi connectivity index (χ1n) is 6.62. The summed E-state index contributed by atoms with van der Waals surface area (Å²) >= 11 is 0. The van der Waals surface area contributed by atoms with Gasteiger partial charge in [-0.1, -0.05) is 32.0 Å². The Kier molecular flexibility index (Phi) is 3.06. The van der Waals surface area contributed by atoms with Crippen LogP contribution in [0.2, 0.25) is 0 Å². The summed E-state index contributed by atoms with van der Waals surface area (Å²) in [4.78, 5) is 13.1. The predicted molar refractivity (Wildman–Crippen MR) is 81.3 cm³/mol. The van der Waals surface area contributed by atoms with Gasteiger partial charge in [-0.3, -0.25) is 4.98 Å². The van der Waals surface area contributed by atoms with Gasteiger partial charge in [0, 0.05) is 35.3 Å². The molecule has 0 radical (unpaired) electrons. The molecule has 2 aromatic heterocycles.